The Labute approximate surface area is 202 Å². The maximum Gasteiger partial charge on any atom is 0.245 e. The summed E-state index contributed by atoms with van der Waals surface area (Å²) in [5.74, 6) is -2.09. The predicted molar refractivity (Wildman–Crippen MR) is 129 cm³/mol. The maximum atomic E-state index is 12.9. The van der Waals surface area contributed by atoms with Crippen LogP contribution < -0.4 is 33.2 Å². The highest BCUT2D eigenvalue weighted by atomic mass is 16.3. The lowest BCUT2D eigenvalue weighted by Crippen LogP contribution is -2.60. The Balaban J connectivity index is 2.78. The van der Waals surface area contributed by atoms with Crippen molar-refractivity contribution in [1.82, 2.24) is 16.0 Å². The molecule has 0 bridgehead atoms. The largest absolute Gasteiger partial charge is 0.391 e. The quantitative estimate of drug-likeness (QED) is 0.157. The Kier molecular flexibility index (Phi) is 13.2. The average molecular weight is 485 g/mol. The molecule has 1 aliphatic carbocycles. The lowest BCUT2D eigenvalue weighted by molar-refractivity contribution is -0.135. The van der Waals surface area contributed by atoms with Gasteiger partial charge in [-0.2, -0.15) is 0 Å². The molecule has 196 valence electrons. The van der Waals surface area contributed by atoms with Gasteiger partial charge in [0.2, 0.25) is 17.7 Å². The van der Waals surface area contributed by atoms with Gasteiger partial charge < -0.3 is 38.3 Å². The van der Waals surface area contributed by atoms with Crippen molar-refractivity contribution < 1.29 is 24.3 Å². The molecule has 1 saturated carbocycles. The average Bonchev–Trinajstić information content (AvgIpc) is 2.80. The van der Waals surface area contributed by atoms with E-state index in [1.807, 2.05) is 0 Å². The van der Waals surface area contributed by atoms with Gasteiger partial charge >= 0.3 is 0 Å². The molecule has 34 heavy (non-hydrogen) atoms. The number of hydrogen-bond donors (Lipinski definition) is 7. The maximum absolute atomic E-state index is 12.9. The first kappa shape index (κ1) is 30.0. The summed E-state index contributed by atoms with van der Waals surface area (Å²) in [5, 5.41) is 17.7. The lowest BCUT2D eigenvalue weighted by Gasteiger charge is -2.28. The van der Waals surface area contributed by atoms with Crippen LogP contribution in [0.4, 0.5) is 0 Å². The van der Waals surface area contributed by atoms with Gasteiger partial charge in [-0.1, -0.05) is 33.1 Å². The van der Waals surface area contributed by atoms with Gasteiger partial charge in [0.1, 0.15) is 12.1 Å². The van der Waals surface area contributed by atoms with E-state index in [4.69, 9.17) is 17.2 Å². The SMILES string of the molecule is CC(C)C(=O)[C@H](CN)NC(=O)[C@@H](NC(=O)[C@H](CCN)NC(=O)CC(N)C1CCCCC1)C(C)O. The van der Waals surface area contributed by atoms with Crippen molar-refractivity contribution >= 4 is 23.5 Å². The lowest BCUT2D eigenvalue weighted by atomic mass is 9.83. The summed E-state index contributed by atoms with van der Waals surface area (Å²) in [4.78, 5) is 50.4. The van der Waals surface area contributed by atoms with Crippen LogP contribution in [0.25, 0.3) is 0 Å². The van der Waals surface area contributed by atoms with E-state index in [0.717, 1.165) is 25.7 Å². The van der Waals surface area contributed by atoms with E-state index in [9.17, 15) is 24.3 Å². The monoisotopic (exact) mass is 484 g/mol. The predicted octanol–water partition coefficient (Wildman–Crippen LogP) is -1.35. The molecule has 1 rings (SSSR count). The summed E-state index contributed by atoms with van der Waals surface area (Å²) in [7, 11) is 0. The fraction of sp³-hybridized carbons (Fsp3) is 0.826. The van der Waals surface area contributed by atoms with Crippen molar-refractivity contribution in [3.63, 3.8) is 0 Å². The highest BCUT2D eigenvalue weighted by Crippen LogP contribution is 2.26. The van der Waals surface area contributed by atoms with Crippen molar-refractivity contribution in [3.8, 4) is 0 Å². The minimum Gasteiger partial charge on any atom is -0.391 e. The van der Waals surface area contributed by atoms with Gasteiger partial charge in [-0.3, -0.25) is 19.2 Å². The molecule has 11 heteroatoms. The Morgan fingerprint density at radius 2 is 1.53 bits per heavy atom. The standard InChI is InChI=1S/C23H44N6O5/c1-13(2)21(32)18(12-25)28-23(34)20(14(3)30)29-22(33)17(9-10-24)27-19(31)11-16(26)15-7-5-4-6-8-15/h13-18,20,30H,4-12,24-26H2,1-3H3,(H,27,31)(H,28,34)(H,29,33)/t14?,16?,17-,18-,20-/m0/s1. The van der Waals surface area contributed by atoms with Crippen LogP contribution in [-0.2, 0) is 19.2 Å². The first-order valence-electron chi connectivity index (χ1n) is 12.3. The van der Waals surface area contributed by atoms with E-state index < -0.39 is 36.0 Å². The number of carbonyl (C=O) groups is 4. The molecule has 0 radical (unpaired) electrons. The number of aliphatic hydroxyl groups excluding tert-OH is 1. The fourth-order valence-electron chi connectivity index (χ4n) is 4.20. The molecule has 10 N–H and O–H groups in total. The molecule has 0 aromatic carbocycles. The van der Waals surface area contributed by atoms with Crippen molar-refractivity contribution in [2.45, 2.75) is 96.0 Å². The molecule has 11 nitrogen and oxygen atoms in total. The summed E-state index contributed by atoms with van der Waals surface area (Å²) in [5.41, 5.74) is 17.5. The number of Topliss-reactive ketones (excluding diaryl/α,β-unsaturated/α-hetero) is 1. The van der Waals surface area contributed by atoms with E-state index in [0.29, 0.717) is 0 Å². The van der Waals surface area contributed by atoms with Crippen molar-refractivity contribution in [3.05, 3.63) is 0 Å². The molecule has 3 amide bonds. The Morgan fingerprint density at radius 3 is 2.03 bits per heavy atom. The number of aliphatic hydroxyl groups is 1. The summed E-state index contributed by atoms with van der Waals surface area (Å²) >= 11 is 0. The minimum atomic E-state index is -1.34. The number of nitrogens with two attached hydrogens (primary N) is 3. The normalized spacial score (nSPS) is 18.9. The van der Waals surface area contributed by atoms with Gasteiger partial charge in [0.25, 0.3) is 0 Å². The summed E-state index contributed by atoms with van der Waals surface area (Å²) in [6.45, 7) is 4.72. The molecule has 0 spiro atoms. The molecule has 1 aliphatic rings. The van der Waals surface area contributed by atoms with E-state index in [1.165, 1.54) is 13.3 Å². The van der Waals surface area contributed by atoms with Crippen molar-refractivity contribution in [1.29, 1.82) is 0 Å². The summed E-state index contributed by atoms with van der Waals surface area (Å²) in [6, 6.07) is -3.56. The van der Waals surface area contributed by atoms with E-state index in [-0.39, 0.29) is 55.5 Å². The van der Waals surface area contributed by atoms with Gasteiger partial charge in [-0.15, -0.1) is 0 Å². The number of carbonyl (C=O) groups excluding carboxylic acids is 4. The second-order valence-corrected chi connectivity index (χ2v) is 9.54. The molecular formula is C23H44N6O5. The molecule has 2 unspecified atom stereocenters. The minimum absolute atomic E-state index is 0.0921. The first-order chi connectivity index (χ1) is 16.0. The van der Waals surface area contributed by atoms with Gasteiger partial charge in [-0.05, 0) is 38.6 Å². The number of hydrogen-bond acceptors (Lipinski definition) is 8. The zero-order valence-corrected chi connectivity index (χ0v) is 20.7. The smallest absolute Gasteiger partial charge is 0.245 e. The second kappa shape index (κ2) is 15.0. The van der Waals surface area contributed by atoms with Crippen LogP contribution in [0, 0.1) is 11.8 Å². The molecule has 1 fully saturated rings. The third kappa shape index (κ3) is 9.65. The van der Waals surface area contributed by atoms with E-state index >= 15 is 0 Å². The van der Waals surface area contributed by atoms with Crippen LogP contribution in [0.3, 0.4) is 0 Å². The number of nitrogens with one attached hydrogen (secondary N) is 3. The number of amides is 3. The highest BCUT2D eigenvalue weighted by molar-refractivity contribution is 5.95. The Morgan fingerprint density at radius 1 is 0.912 bits per heavy atom. The van der Waals surface area contributed by atoms with E-state index in [2.05, 4.69) is 16.0 Å². The number of ketones is 1. The zero-order valence-electron chi connectivity index (χ0n) is 20.7. The van der Waals surface area contributed by atoms with Crippen LogP contribution in [0.15, 0.2) is 0 Å². The topological polar surface area (TPSA) is 203 Å². The van der Waals surface area contributed by atoms with Gasteiger partial charge in [-0.25, -0.2) is 0 Å². The zero-order chi connectivity index (χ0) is 25.8. The van der Waals surface area contributed by atoms with Gasteiger partial charge in [0.05, 0.1) is 12.1 Å². The molecule has 5 atom stereocenters. The molecule has 0 aromatic heterocycles. The van der Waals surface area contributed by atoms with Crippen LogP contribution in [0.2, 0.25) is 0 Å². The summed E-state index contributed by atoms with van der Waals surface area (Å²) < 4.78 is 0. The molecule has 0 heterocycles. The second-order valence-electron chi connectivity index (χ2n) is 9.54. The van der Waals surface area contributed by atoms with Crippen LogP contribution >= 0.6 is 0 Å². The Hall–Kier alpha value is -2.08. The van der Waals surface area contributed by atoms with Crippen LogP contribution in [0.5, 0.6) is 0 Å². The van der Waals surface area contributed by atoms with Crippen LogP contribution in [0.1, 0.15) is 65.7 Å². The first-order valence-corrected chi connectivity index (χ1v) is 12.3. The van der Waals surface area contributed by atoms with Gasteiger partial charge in [0, 0.05) is 24.9 Å². The Bertz CT molecular complexity index is 681. The number of rotatable bonds is 14. The van der Waals surface area contributed by atoms with Gasteiger partial charge in [0.15, 0.2) is 5.78 Å². The van der Waals surface area contributed by atoms with Crippen LogP contribution in [-0.4, -0.2) is 72.0 Å². The van der Waals surface area contributed by atoms with Crippen molar-refractivity contribution in [2.24, 2.45) is 29.0 Å². The highest BCUT2D eigenvalue weighted by Gasteiger charge is 2.32. The van der Waals surface area contributed by atoms with Crippen molar-refractivity contribution in [2.75, 3.05) is 13.1 Å². The summed E-state index contributed by atoms with van der Waals surface area (Å²) in [6.07, 6.45) is 4.36. The fourth-order valence-corrected chi connectivity index (χ4v) is 4.20. The molecule has 0 aromatic rings. The van der Waals surface area contributed by atoms with E-state index in [1.54, 1.807) is 13.8 Å². The third-order valence-electron chi connectivity index (χ3n) is 6.31. The molecule has 0 saturated heterocycles. The molecule has 0 aliphatic heterocycles. The molecular weight excluding hydrogens is 440 g/mol. The third-order valence-corrected chi connectivity index (χ3v) is 6.31.